The number of hydrogen-bond donors (Lipinski definition) is 1. The molecule has 0 atom stereocenters. The molecule has 0 aliphatic rings. The van der Waals surface area contributed by atoms with Crippen LogP contribution in [0.1, 0.15) is 11.3 Å². The maximum Gasteiger partial charge on any atom is 0.416 e. The zero-order valence-corrected chi connectivity index (χ0v) is 16.2. The molecular formula is C21H12BrF3N2O2. The second kappa shape index (κ2) is 8.37. The number of nitrogens with one attached hydrogen (secondary N) is 1. The molecule has 4 nitrogen and oxygen atoms in total. The molecule has 1 aromatic heterocycles. The summed E-state index contributed by atoms with van der Waals surface area (Å²) in [6.45, 7) is 0. The van der Waals surface area contributed by atoms with Crippen LogP contribution in [-0.2, 0) is 11.0 Å². The highest BCUT2D eigenvalue weighted by Gasteiger charge is 2.30. The van der Waals surface area contributed by atoms with Gasteiger partial charge in [0.2, 0.25) is 0 Å². The predicted molar refractivity (Wildman–Crippen MR) is 106 cm³/mol. The van der Waals surface area contributed by atoms with E-state index >= 15 is 0 Å². The summed E-state index contributed by atoms with van der Waals surface area (Å²) >= 11 is 3.34. The molecule has 0 saturated carbocycles. The van der Waals surface area contributed by atoms with E-state index in [1.807, 2.05) is 24.3 Å². The summed E-state index contributed by atoms with van der Waals surface area (Å²) in [4.78, 5) is 12.3. The summed E-state index contributed by atoms with van der Waals surface area (Å²) in [7, 11) is 0. The molecule has 0 aliphatic carbocycles. The summed E-state index contributed by atoms with van der Waals surface area (Å²) in [6, 6.07) is 16.5. The Hall–Kier alpha value is -3.31. The fraction of sp³-hybridized carbons (Fsp3) is 0.0476. The number of nitrogens with zero attached hydrogens (tertiary/aromatic N) is 1. The number of benzene rings is 2. The Labute approximate surface area is 172 Å². The van der Waals surface area contributed by atoms with Crippen LogP contribution < -0.4 is 5.32 Å². The van der Waals surface area contributed by atoms with E-state index in [2.05, 4.69) is 21.2 Å². The number of amides is 1. The number of carbonyl (C=O) groups excluding carboxylic acids is 1. The van der Waals surface area contributed by atoms with Gasteiger partial charge in [-0.1, -0.05) is 34.1 Å². The number of alkyl halides is 3. The van der Waals surface area contributed by atoms with Crippen LogP contribution in [0.5, 0.6) is 0 Å². The summed E-state index contributed by atoms with van der Waals surface area (Å²) in [5.74, 6) is -0.0357. The van der Waals surface area contributed by atoms with Crippen LogP contribution in [0.25, 0.3) is 17.4 Å². The molecule has 1 N–H and O–H groups in total. The van der Waals surface area contributed by atoms with E-state index in [9.17, 15) is 23.2 Å². The molecule has 0 bridgehead atoms. The summed E-state index contributed by atoms with van der Waals surface area (Å²) in [5.41, 5.74) is -0.470. The summed E-state index contributed by atoms with van der Waals surface area (Å²) < 4.78 is 44.9. The van der Waals surface area contributed by atoms with E-state index in [-0.39, 0.29) is 17.0 Å². The molecule has 146 valence electrons. The highest BCUT2D eigenvalue weighted by Crippen LogP contribution is 2.31. The van der Waals surface area contributed by atoms with Crippen LogP contribution in [0.3, 0.4) is 0 Å². The van der Waals surface area contributed by atoms with Gasteiger partial charge in [0.25, 0.3) is 5.91 Å². The Balaban J connectivity index is 1.79. The van der Waals surface area contributed by atoms with Crippen molar-refractivity contribution in [3.8, 4) is 17.4 Å². The number of halogens is 4. The quantitative estimate of drug-likeness (QED) is 0.368. The highest BCUT2D eigenvalue weighted by atomic mass is 79.9. The van der Waals surface area contributed by atoms with Crippen molar-refractivity contribution in [3.63, 3.8) is 0 Å². The molecule has 1 heterocycles. The van der Waals surface area contributed by atoms with E-state index < -0.39 is 17.6 Å². The smallest absolute Gasteiger partial charge is 0.416 e. The Morgan fingerprint density at radius 2 is 1.83 bits per heavy atom. The van der Waals surface area contributed by atoms with Crippen LogP contribution in [0.15, 0.2) is 75.1 Å². The van der Waals surface area contributed by atoms with Crippen molar-refractivity contribution in [2.24, 2.45) is 0 Å². The summed E-state index contributed by atoms with van der Waals surface area (Å²) in [6.07, 6.45) is -3.31. The van der Waals surface area contributed by atoms with Gasteiger partial charge in [0.05, 0.1) is 5.56 Å². The van der Waals surface area contributed by atoms with E-state index in [0.717, 1.165) is 22.2 Å². The lowest BCUT2D eigenvalue weighted by molar-refractivity contribution is -0.137. The molecule has 3 rings (SSSR count). The van der Waals surface area contributed by atoms with Gasteiger partial charge in [-0.15, -0.1) is 0 Å². The maximum absolute atomic E-state index is 12.8. The van der Waals surface area contributed by atoms with Crippen molar-refractivity contribution < 1.29 is 22.4 Å². The van der Waals surface area contributed by atoms with Crippen molar-refractivity contribution in [1.82, 2.24) is 0 Å². The van der Waals surface area contributed by atoms with Crippen molar-refractivity contribution in [1.29, 1.82) is 5.26 Å². The van der Waals surface area contributed by atoms with Crippen molar-refractivity contribution in [2.45, 2.75) is 6.18 Å². The van der Waals surface area contributed by atoms with Crippen LogP contribution in [-0.4, -0.2) is 5.91 Å². The third-order valence-electron chi connectivity index (χ3n) is 3.85. The first-order valence-electron chi connectivity index (χ1n) is 8.22. The molecule has 0 radical (unpaired) electrons. The molecule has 0 fully saturated rings. The van der Waals surface area contributed by atoms with E-state index in [1.165, 1.54) is 18.2 Å². The zero-order valence-electron chi connectivity index (χ0n) is 14.6. The normalized spacial score (nSPS) is 11.8. The lowest BCUT2D eigenvalue weighted by atomic mass is 10.1. The first-order valence-corrected chi connectivity index (χ1v) is 9.02. The van der Waals surface area contributed by atoms with E-state index in [4.69, 9.17) is 4.42 Å². The summed E-state index contributed by atoms with van der Waals surface area (Å²) in [5, 5.41) is 11.6. The molecule has 29 heavy (non-hydrogen) atoms. The minimum absolute atomic E-state index is 0.0685. The van der Waals surface area contributed by atoms with Gasteiger partial charge in [-0.05, 0) is 42.5 Å². The van der Waals surface area contributed by atoms with E-state index in [0.29, 0.717) is 5.76 Å². The zero-order chi connectivity index (χ0) is 21.0. The van der Waals surface area contributed by atoms with Gasteiger partial charge in [-0.25, -0.2) is 0 Å². The number of carbonyl (C=O) groups is 1. The molecule has 3 aromatic rings. The van der Waals surface area contributed by atoms with Crippen molar-refractivity contribution in [3.05, 3.63) is 82.0 Å². The first-order chi connectivity index (χ1) is 13.8. The Morgan fingerprint density at radius 3 is 2.48 bits per heavy atom. The standard InChI is InChI=1S/C21H12BrF3N2O2/c22-16-6-4-13(5-7-16)19-9-8-18(29-19)10-14(12-26)20(28)27-17-3-1-2-15(11-17)21(23,24)25/h1-11H,(H,27,28). The molecule has 0 aliphatic heterocycles. The van der Waals surface area contributed by atoms with Gasteiger partial charge in [0.1, 0.15) is 23.2 Å². The molecule has 0 saturated heterocycles. The molecular weight excluding hydrogens is 449 g/mol. The molecule has 2 aromatic carbocycles. The number of nitriles is 1. The van der Waals surface area contributed by atoms with Crippen molar-refractivity contribution >= 4 is 33.6 Å². The van der Waals surface area contributed by atoms with Gasteiger partial charge in [0.15, 0.2) is 0 Å². The van der Waals surface area contributed by atoms with Gasteiger partial charge >= 0.3 is 6.18 Å². The minimum atomic E-state index is -4.54. The van der Waals surface area contributed by atoms with Crippen LogP contribution in [0.2, 0.25) is 0 Å². The molecule has 0 spiro atoms. The number of anilines is 1. The Morgan fingerprint density at radius 1 is 1.10 bits per heavy atom. The fourth-order valence-corrected chi connectivity index (χ4v) is 2.73. The Bertz CT molecular complexity index is 1110. The van der Waals surface area contributed by atoms with Gasteiger partial charge in [-0.3, -0.25) is 4.79 Å². The third-order valence-corrected chi connectivity index (χ3v) is 4.38. The lowest BCUT2D eigenvalue weighted by Crippen LogP contribution is -2.14. The van der Waals surface area contributed by atoms with Crippen molar-refractivity contribution in [2.75, 3.05) is 5.32 Å². The largest absolute Gasteiger partial charge is 0.457 e. The van der Waals surface area contributed by atoms with Crippen LogP contribution >= 0.6 is 15.9 Å². The average molecular weight is 461 g/mol. The Kier molecular flexibility index (Phi) is 5.89. The van der Waals surface area contributed by atoms with E-state index in [1.54, 1.807) is 18.2 Å². The predicted octanol–water partition coefficient (Wildman–Crippen LogP) is 6.27. The fourth-order valence-electron chi connectivity index (χ4n) is 2.46. The van der Waals surface area contributed by atoms with Gasteiger partial charge in [0, 0.05) is 21.8 Å². The molecule has 8 heteroatoms. The monoisotopic (exact) mass is 460 g/mol. The number of furan rings is 1. The van der Waals surface area contributed by atoms with Gasteiger partial charge < -0.3 is 9.73 Å². The number of rotatable bonds is 4. The highest BCUT2D eigenvalue weighted by molar-refractivity contribution is 9.10. The molecule has 1 amide bonds. The third kappa shape index (κ3) is 5.15. The average Bonchev–Trinajstić information content (AvgIpc) is 3.14. The maximum atomic E-state index is 12.8. The van der Waals surface area contributed by atoms with Crippen LogP contribution in [0.4, 0.5) is 18.9 Å². The first kappa shape index (κ1) is 20.4. The molecule has 0 unspecified atom stereocenters. The second-order valence-electron chi connectivity index (χ2n) is 5.91. The topological polar surface area (TPSA) is 66.0 Å². The lowest BCUT2D eigenvalue weighted by Gasteiger charge is -2.09. The second-order valence-corrected chi connectivity index (χ2v) is 6.83. The number of hydrogen-bond acceptors (Lipinski definition) is 3. The van der Waals surface area contributed by atoms with Crippen LogP contribution in [0, 0.1) is 11.3 Å². The minimum Gasteiger partial charge on any atom is -0.457 e. The van der Waals surface area contributed by atoms with Gasteiger partial charge in [-0.2, -0.15) is 18.4 Å². The SMILES string of the molecule is N#CC(=Cc1ccc(-c2ccc(Br)cc2)o1)C(=O)Nc1cccc(C(F)(F)F)c1.